The first-order chi connectivity index (χ1) is 8.50. The van der Waals surface area contributed by atoms with E-state index in [0.29, 0.717) is 12.3 Å². The van der Waals surface area contributed by atoms with E-state index >= 15 is 0 Å². The number of imide groups is 1. The Bertz CT molecular complexity index is 341. The van der Waals surface area contributed by atoms with Gasteiger partial charge in [-0.05, 0) is 38.6 Å². The van der Waals surface area contributed by atoms with Crippen LogP contribution in [0.5, 0.6) is 0 Å². The Balaban J connectivity index is 1.87. The van der Waals surface area contributed by atoms with Gasteiger partial charge in [-0.25, -0.2) is 0 Å². The SMILES string of the molecule is CC1CCCC1CNC1CC(=O)N(C(C)C)C1=O. The van der Waals surface area contributed by atoms with Crippen LogP contribution >= 0.6 is 0 Å². The van der Waals surface area contributed by atoms with Gasteiger partial charge in [0, 0.05) is 6.04 Å². The Morgan fingerprint density at radius 2 is 2.06 bits per heavy atom. The predicted octanol–water partition coefficient (Wildman–Crippen LogP) is 1.55. The third-order valence-electron chi connectivity index (χ3n) is 4.36. The van der Waals surface area contributed by atoms with Crippen molar-refractivity contribution in [1.29, 1.82) is 0 Å². The minimum Gasteiger partial charge on any atom is -0.305 e. The largest absolute Gasteiger partial charge is 0.305 e. The van der Waals surface area contributed by atoms with Crippen LogP contribution in [0.3, 0.4) is 0 Å². The number of carbonyl (C=O) groups excluding carboxylic acids is 2. The topological polar surface area (TPSA) is 49.4 Å². The quantitative estimate of drug-likeness (QED) is 0.772. The lowest BCUT2D eigenvalue weighted by atomic mass is 9.98. The lowest BCUT2D eigenvalue weighted by Crippen LogP contribution is -2.43. The highest BCUT2D eigenvalue weighted by atomic mass is 16.2. The number of hydrogen-bond donors (Lipinski definition) is 1. The highest BCUT2D eigenvalue weighted by molar-refractivity contribution is 6.05. The van der Waals surface area contributed by atoms with Gasteiger partial charge in [-0.3, -0.25) is 14.5 Å². The summed E-state index contributed by atoms with van der Waals surface area (Å²) in [4.78, 5) is 25.2. The van der Waals surface area contributed by atoms with Crippen LogP contribution in [-0.2, 0) is 9.59 Å². The van der Waals surface area contributed by atoms with Crippen LogP contribution in [0.2, 0.25) is 0 Å². The molecule has 0 radical (unpaired) electrons. The maximum Gasteiger partial charge on any atom is 0.247 e. The Morgan fingerprint density at radius 1 is 1.33 bits per heavy atom. The second-order valence-electron chi connectivity index (χ2n) is 6.03. The molecular weight excluding hydrogens is 228 g/mol. The van der Waals surface area contributed by atoms with Crippen LogP contribution in [0, 0.1) is 11.8 Å². The molecule has 2 fully saturated rings. The van der Waals surface area contributed by atoms with E-state index in [0.717, 1.165) is 12.5 Å². The second kappa shape index (κ2) is 5.39. The maximum absolute atomic E-state index is 12.1. The van der Waals surface area contributed by atoms with E-state index in [1.807, 2.05) is 13.8 Å². The number of nitrogens with zero attached hydrogens (tertiary/aromatic N) is 1. The molecule has 2 rings (SSSR count). The molecule has 102 valence electrons. The first kappa shape index (κ1) is 13.5. The van der Waals surface area contributed by atoms with Crippen molar-refractivity contribution in [3.63, 3.8) is 0 Å². The lowest BCUT2D eigenvalue weighted by Gasteiger charge is -2.21. The number of rotatable bonds is 4. The van der Waals surface area contributed by atoms with Gasteiger partial charge < -0.3 is 5.32 Å². The average Bonchev–Trinajstić information content (AvgIpc) is 2.80. The highest BCUT2D eigenvalue weighted by Gasteiger charge is 2.40. The summed E-state index contributed by atoms with van der Waals surface area (Å²) in [5, 5.41) is 3.31. The molecule has 3 atom stereocenters. The molecular formula is C14H24N2O2. The summed E-state index contributed by atoms with van der Waals surface area (Å²) in [7, 11) is 0. The standard InChI is InChI=1S/C14H24N2O2/c1-9(2)16-13(17)7-12(14(16)18)15-8-11-6-4-5-10(11)3/h9-12,15H,4-8H2,1-3H3. The molecule has 1 saturated heterocycles. The molecule has 1 N–H and O–H groups in total. The van der Waals surface area contributed by atoms with Gasteiger partial charge >= 0.3 is 0 Å². The summed E-state index contributed by atoms with van der Waals surface area (Å²) in [5.74, 6) is 1.33. The van der Waals surface area contributed by atoms with Crippen LogP contribution in [-0.4, -0.2) is 35.3 Å². The zero-order valence-electron chi connectivity index (χ0n) is 11.6. The Labute approximate surface area is 109 Å². The number of hydrogen-bond acceptors (Lipinski definition) is 3. The molecule has 18 heavy (non-hydrogen) atoms. The molecule has 2 amide bonds. The van der Waals surface area contributed by atoms with Crippen molar-refractivity contribution < 1.29 is 9.59 Å². The van der Waals surface area contributed by atoms with Gasteiger partial charge in [-0.15, -0.1) is 0 Å². The average molecular weight is 252 g/mol. The van der Waals surface area contributed by atoms with Crippen molar-refractivity contribution in [2.45, 2.75) is 58.5 Å². The van der Waals surface area contributed by atoms with E-state index in [-0.39, 0.29) is 23.9 Å². The molecule has 4 heteroatoms. The van der Waals surface area contributed by atoms with Crippen LogP contribution < -0.4 is 5.32 Å². The van der Waals surface area contributed by atoms with E-state index in [1.54, 1.807) is 0 Å². The van der Waals surface area contributed by atoms with E-state index in [4.69, 9.17) is 0 Å². The molecule has 0 spiro atoms. The van der Waals surface area contributed by atoms with Gasteiger partial charge in [-0.1, -0.05) is 19.8 Å². The Morgan fingerprint density at radius 3 is 2.56 bits per heavy atom. The molecule has 2 aliphatic rings. The van der Waals surface area contributed by atoms with Crippen LogP contribution in [0.15, 0.2) is 0 Å². The number of carbonyl (C=O) groups is 2. The minimum atomic E-state index is -0.285. The lowest BCUT2D eigenvalue weighted by molar-refractivity contribution is -0.140. The smallest absolute Gasteiger partial charge is 0.247 e. The summed E-state index contributed by atoms with van der Waals surface area (Å²) in [6.45, 7) is 6.92. The summed E-state index contributed by atoms with van der Waals surface area (Å²) in [6, 6.07) is -0.310. The molecule has 0 aromatic carbocycles. The molecule has 1 aliphatic carbocycles. The minimum absolute atomic E-state index is 0.0257. The third kappa shape index (κ3) is 2.58. The molecule has 0 aromatic heterocycles. The van der Waals surface area contributed by atoms with Gasteiger partial charge in [0.1, 0.15) is 0 Å². The fourth-order valence-electron chi connectivity index (χ4n) is 3.17. The van der Waals surface area contributed by atoms with Crippen molar-refractivity contribution in [3.05, 3.63) is 0 Å². The summed E-state index contributed by atoms with van der Waals surface area (Å²) >= 11 is 0. The first-order valence-corrected chi connectivity index (χ1v) is 7.10. The molecule has 1 heterocycles. The van der Waals surface area contributed by atoms with Crippen molar-refractivity contribution >= 4 is 11.8 Å². The van der Waals surface area contributed by atoms with Gasteiger partial charge in [-0.2, -0.15) is 0 Å². The molecule has 0 bridgehead atoms. The zero-order chi connectivity index (χ0) is 13.3. The van der Waals surface area contributed by atoms with Crippen LogP contribution in [0.4, 0.5) is 0 Å². The number of nitrogens with one attached hydrogen (secondary N) is 1. The zero-order valence-corrected chi connectivity index (χ0v) is 11.6. The molecule has 4 nitrogen and oxygen atoms in total. The fourth-order valence-corrected chi connectivity index (χ4v) is 3.17. The van der Waals surface area contributed by atoms with Crippen LogP contribution in [0.1, 0.15) is 46.5 Å². The molecule has 0 aromatic rings. The normalized spacial score (nSPS) is 32.9. The van der Waals surface area contributed by atoms with Crippen molar-refractivity contribution in [3.8, 4) is 0 Å². The number of likely N-dealkylation sites (tertiary alicyclic amines) is 1. The summed E-state index contributed by atoms with van der Waals surface area (Å²) < 4.78 is 0. The van der Waals surface area contributed by atoms with Crippen molar-refractivity contribution in [2.75, 3.05) is 6.54 Å². The monoisotopic (exact) mass is 252 g/mol. The van der Waals surface area contributed by atoms with Gasteiger partial charge in [0.25, 0.3) is 0 Å². The van der Waals surface area contributed by atoms with E-state index in [1.165, 1.54) is 24.2 Å². The first-order valence-electron chi connectivity index (χ1n) is 7.10. The summed E-state index contributed by atoms with van der Waals surface area (Å²) in [6.07, 6.45) is 4.17. The molecule has 1 aliphatic heterocycles. The number of amides is 2. The Hall–Kier alpha value is -0.900. The van der Waals surface area contributed by atoms with Gasteiger partial charge in [0.2, 0.25) is 11.8 Å². The van der Waals surface area contributed by atoms with E-state index in [2.05, 4.69) is 12.2 Å². The van der Waals surface area contributed by atoms with Crippen molar-refractivity contribution in [2.24, 2.45) is 11.8 Å². The molecule has 3 unspecified atom stereocenters. The summed E-state index contributed by atoms with van der Waals surface area (Å²) in [5.41, 5.74) is 0. The van der Waals surface area contributed by atoms with Gasteiger partial charge in [0.05, 0.1) is 12.5 Å². The second-order valence-corrected chi connectivity index (χ2v) is 6.03. The highest BCUT2D eigenvalue weighted by Crippen LogP contribution is 2.30. The maximum atomic E-state index is 12.1. The Kier molecular flexibility index (Phi) is 4.05. The van der Waals surface area contributed by atoms with E-state index in [9.17, 15) is 9.59 Å². The third-order valence-corrected chi connectivity index (χ3v) is 4.36. The fraction of sp³-hybridized carbons (Fsp3) is 0.857. The molecule has 1 saturated carbocycles. The predicted molar refractivity (Wildman–Crippen MR) is 69.9 cm³/mol. The van der Waals surface area contributed by atoms with Gasteiger partial charge in [0.15, 0.2) is 0 Å². The van der Waals surface area contributed by atoms with E-state index < -0.39 is 0 Å². The van der Waals surface area contributed by atoms with Crippen LogP contribution in [0.25, 0.3) is 0 Å². The van der Waals surface area contributed by atoms with Crippen molar-refractivity contribution in [1.82, 2.24) is 10.2 Å².